The normalized spacial score (nSPS) is 15.1. The Hall–Kier alpha value is -2.38. The summed E-state index contributed by atoms with van der Waals surface area (Å²) in [6.07, 6.45) is 6.52. The van der Waals surface area contributed by atoms with E-state index in [-0.39, 0.29) is 0 Å². The van der Waals surface area contributed by atoms with Crippen LogP contribution in [0.3, 0.4) is 0 Å². The lowest BCUT2D eigenvalue weighted by Gasteiger charge is -2.20. The van der Waals surface area contributed by atoms with Crippen molar-refractivity contribution in [1.82, 2.24) is 20.2 Å². The van der Waals surface area contributed by atoms with Gasteiger partial charge in [0.15, 0.2) is 16.8 Å². The van der Waals surface area contributed by atoms with Crippen LogP contribution in [-0.2, 0) is 0 Å². The van der Waals surface area contributed by atoms with E-state index >= 15 is 0 Å². The quantitative estimate of drug-likeness (QED) is 0.383. The van der Waals surface area contributed by atoms with Gasteiger partial charge in [-0.15, -0.1) is 11.3 Å². The van der Waals surface area contributed by atoms with Crippen molar-refractivity contribution in [2.24, 2.45) is 0 Å². The minimum atomic E-state index is 0.632. The van der Waals surface area contributed by atoms with Gasteiger partial charge in [0.2, 0.25) is 0 Å². The van der Waals surface area contributed by atoms with E-state index in [1.165, 1.54) is 32.1 Å². The molecule has 5 nitrogen and oxygen atoms in total. The molecule has 4 aromatic rings. The van der Waals surface area contributed by atoms with E-state index in [9.17, 15) is 0 Å². The predicted octanol–water partition coefficient (Wildman–Crippen LogP) is 6.25. The van der Waals surface area contributed by atoms with Crippen LogP contribution in [0.25, 0.3) is 21.5 Å². The van der Waals surface area contributed by atoms with E-state index in [4.69, 9.17) is 9.97 Å². The van der Waals surface area contributed by atoms with Crippen molar-refractivity contribution < 1.29 is 0 Å². The Kier molecular flexibility index (Phi) is 5.01. The summed E-state index contributed by atoms with van der Waals surface area (Å²) >= 11 is 3.48. The van der Waals surface area contributed by atoms with Crippen molar-refractivity contribution in [1.29, 1.82) is 0 Å². The molecule has 1 aliphatic rings. The van der Waals surface area contributed by atoms with Gasteiger partial charge in [0, 0.05) is 11.3 Å². The molecule has 28 heavy (non-hydrogen) atoms. The lowest BCUT2D eigenvalue weighted by atomic mass is 10.0. The number of hydrogen-bond acceptors (Lipinski definition) is 6. The highest BCUT2D eigenvalue weighted by atomic mass is 32.2. The number of aromatic nitrogens is 4. The molecule has 1 saturated carbocycles. The number of nitrogens with one attached hydrogen (secondary N) is 2. The Balaban J connectivity index is 1.42. The fourth-order valence-electron chi connectivity index (χ4n) is 3.58. The van der Waals surface area contributed by atoms with E-state index in [1.54, 1.807) is 11.3 Å². The van der Waals surface area contributed by atoms with Crippen molar-refractivity contribution in [2.75, 3.05) is 5.32 Å². The van der Waals surface area contributed by atoms with Crippen LogP contribution in [0.15, 0.2) is 53.0 Å². The molecule has 1 aromatic carbocycles. The third-order valence-corrected chi connectivity index (χ3v) is 7.12. The molecule has 0 atom stereocenters. The van der Waals surface area contributed by atoms with Gasteiger partial charge in [0.1, 0.15) is 0 Å². The Morgan fingerprint density at radius 3 is 2.75 bits per heavy atom. The number of H-pyrrole nitrogens is 1. The van der Waals surface area contributed by atoms with Crippen molar-refractivity contribution >= 4 is 45.0 Å². The molecule has 0 aliphatic heterocycles. The Labute approximate surface area is 172 Å². The summed E-state index contributed by atoms with van der Waals surface area (Å²) in [4.78, 5) is 9.62. The smallest absolute Gasteiger partial charge is 0.190 e. The van der Waals surface area contributed by atoms with Gasteiger partial charge in [-0.1, -0.05) is 61.4 Å². The SMILES string of the molecule is c1ccc(-c2cc(Nc3nc(SC4CCCCC4)nc4ccsc34)n[nH]2)cc1. The van der Waals surface area contributed by atoms with Gasteiger partial charge < -0.3 is 5.32 Å². The Morgan fingerprint density at radius 1 is 1.04 bits per heavy atom. The number of nitrogens with zero attached hydrogens (tertiary/aromatic N) is 3. The van der Waals surface area contributed by atoms with Crippen molar-refractivity contribution in [3.8, 4) is 11.3 Å². The van der Waals surface area contributed by atoms with E-state index in [2.05, 4.69) is 39.1 Å². The van der Waals surface area contributed by atoms with Gasteiger partial charge in [-0.2, -0.15) is 5.10 Å². The summed E-state index contributed by atoms with van der Waals surface area (Å²) in [6, 6.07) is 14.3. The number of fused-ring (bicyclic) bond motifs is 1. The second-order valence-corrected chi connectivity index (χ2v) is 9.21. The van der Waals surface area contributed by atoms with Gasteiger partial charge in [0.05, 0.1) is 15.9 Å². The van der Waals surface area contributed by atoms with Gasteiger partial charge >= 0.3 is 0 Å². The van der Waals surface area contributed by atoms with Crippen LogP contribution >= 0.6 is 23.1 Å². The minimum Gasteiger partial charge on any atom is -0.322 e. The molecule has 1 aliphatic carbocycles. The van der Waals surface area contributed by atoms with Crippen LogP contribution in [-0.4, -0.2) is 25.4 Å². The number of thiophene rings is 1. The highest BCUT2D eigenvalue weighted by molar-refractivity contribution is 7.99. The van der Waals surface area contributed by atoms with Crippen molar-refractivity contribution in [2.45, 2.75) is 42.5 Å². The molecule has 3 aromatic heterocycles. The third-order valence-electron chi connectivity index (χ3n) is 5.02. The molecule has 5 rings (SSSR count). The lowest BCUT2D eigenvalue weighted by molar-refractivity contribution is 0.515. The zero-order chi connectivity index (χ0) is 18.8. The monoisotopic (exact) mass is 407 g/mol. The van der Waals surface area contributed by atoms with E-state index in [0.29, 0.717) is 5.25 Å². The first-order chi connectivity index (χ1) is 13.8. The largest absolute Gasteiger partial charge is 0.322 e. The fraction of sp³-hybridized carbons (Fsp3) is 0.286. The minimum absolute atomic E-state index is 0.632. The summed E-state index contributed by atoms with van der Waals surface area (Å²) in [5.74, 6) is 1.60. The molecule has 0 unspecified atom stereocenters. The molecule has 0 radical (unpaired) electrons. The van der Waals surface area contributed by atoms with Gasteiger partial charge in [-0.25, -0.2) is 9.97 Å². The summed E-state index contributed by atoms with van der Waals surface area (Å²) in [5, 5.41) is 14.5. The molecule has 0 amide bonds. The van der Waals surface area contributed by atoms with E-state index in [0.717, 1.165) is 38.3 Å². The summed E-state index contributed by atoms with van der Waals surface area (Å²) in [6.45, 7) is 0. The first kappa shape index (κ1) is 17.7. The van der Waals surface area contributed by atoms with Gasteiger partial charge in [-0.05, 0) is 29.9 Å². The number of rotatable bonds is 5. The molecule has 3 heterocycles. The molecular weight excluding hydrogens is 386 g/mol. The highest BCUT2D eigenvalue weighted by Gasteiger charge is 2.18. The number of hydrogen-bond donors (Lipinski definition) is 2. The Morgan fingerprint density at radius 2 is 1.89 bits per heavy atom. The lowest BCUT2D eigenvalue weighted by Crippen LogP contribution is -2.09. The number of aromatic amines is 1. The van der Waals surface area contributed by atoms with Crippen LogP contribution in [0.2, 0.25) is 0 Å². The average molecular weight is 408 g/mol. The van der Waals surface area contributed by atoms with Crippen LogP contribution in [0.4, 0.5) is 11.6 Å². The van der Waals surface area contributed by atoms with Crippen LogP contribution < -0.4 is 5.32 Å². The van der Waals surface area contributed by atoms with E-state index in [1.807, 2.05) is 36.0 Å². The molecular formula is C21H21N5S2. The predicted molar refractivity (Wildman–Crippen MR) is 117 cm³/mol. The summed E-state index contributed by atoms with van der Waals surface area (Å²) in [7, 11) is 0. The zero-order valence-electron chi connectivity index (χ0n) is 15.4. The van der Waals surface area contributed by atoms with E-state index < -0.39 is 0 Å². The first-order valence-corrected chi connectivity index (χ1v) is 11.4. The van der Waals surface area contributed by atoms with Gasteiger partial charge in [-0.3, -0.25) is 5.10 Å². The first-order valence-electron chi connectivity index (χ1n) is 9.65. The number of benzene rings is 1. The summed E-state index contributed by atoms with van der Waals surface area (Å²) in [5.41, 5.74) is 3.09. The topological polar surface area (TPSA) is 66.5 Å². The molecule has 2 N–H and O–H groups in total. The van der Waals surface area contributed by atoms with Crippen LogP contribution in [0.1, 0.15) is 32.1 Å². The van der Waals surface area contributed by atoms with Crippen molar-refractivity contribution in [3.05, 3.63) is 47.8 Å². The maximum absolute atomic E-state index is 4.84. The summed E-state index contributed by atoms with van der Waals surface area (Å²) < 4.78 is 1.07. The zero-order valence-corrected chi connectivity index (χ0v) is 17.0. The molecule has 0 spiro atoms. The number of anilines is 2. The molecule has 0 bridgehead atoms. The second kappa shape index (κ2) is 7.93. The molecule has 1 fully saturated rings. The third kappa shape index (κ3) is 3.77. The fourth-order valence-corrected chi connectivity index (χ4v) is 5.52. The standard InChI is InChI=1S/C21H21N5S2/c1-3-7-14(8-4-1)17-13-18(26-25-17)23-20-19-16(11-12-27-19)22-21(24-20)28-15-9-5-2-6-10-15/h1,3-4,7-8,11-13,15H,2,5-6,9-10H2,(H2,22,23,24,25,26). The van der Waals surface area contributed by atoms with Crippen LogP contribution in [0, 0.1) is 0 Å². The number of thioether (sulfide) groups is 1. The van der Waals surface area contributed by atoms with Crippen LogP contribution in [0.5, 0.6) is 0 Å². The Bertz CT molecular complexity index is 1070. The average Bonchev–Trinajstić information content (AvgIpc) is 3.39. The molecule has 7 heteroatoms. The van der Waals surface area contributed by atoms with Gasteiger partial charge in [0.25, 0.3) is 0 Å². The maximum Gasteiger partial charge on any atom is 0.190 e. The molecule has 142 valence electrons. The second-order valence-electron chi connectivity index (χ2n) is 7.03. The maximum atomic E-state index is 4.84. The van der Waals surface area contributed by atoms with Crippen molar-refractivity contribution in [3.63, 3.8) is 0 Å². The molecule has 0 saturated heterocycles. The highest BCUT2D eigenvalue weighted by Crippen LogP contribution is 2.35.